The Labute approximate surface area is 131 Å². The molecule has 0 aliphatic rings. The number of alkyl halides is 3. The van der Waals surface area contributed by atoms with E-state index in [1.54, 1.807) is 0 Å². The van der Waals surface area contributed by atoms with Gasteiger partial charge in [-0.2, -0.15) is 0 Å². The maximum atomic E-state index is 13.8. The molecule has 0 spiro atoms. The van der Waals surface area contributed by atoms with Crippen LogP contribution in [0.5, 0.6) is 5.75 Å². The normalized spacial score (nSPS) is 11.1. The molecule has 0 bridgehead atoms. The molecular weight excluding hydrogens is 370 g/mol. The number of halogens is 5. The van der Waals surface area contributed by atoms with Crippen LogP contribution in [0.2, 0.25) is 0 Å². The minimum absolute atomic E-state index is 0.133. The van der Waals surface area contributed by atoms with Crippen LogP contribution in [0, 0.1) is 5.82 Å². The van der Waals surface area contributed by atoms with Gasteiger partial charge in [-0.05, 0) is 52.3 Å². The Hall–Kier alpha value is -2.09. The number of benzene rings is 2. The van der Waals surface area contributed by atoms with Crippen LogP contribution >= 0.6 is 15.9 Å². The molecule has 0 saturated carbocycles. The monoisotopic (exact) mass is 377 g/mol. The summed E-state index contributed by atoms with van der Waals surface area (Å²) in [5, 5.41) is 2.38. The van der Waals surface area contributed by atoms with Crippen LogP contribution in [0.4, 0.5) is 23.2 Å². The van der Waals surface area contributed by atoms with Gasteiger partial charge < -0.3 is 10.1 Å². The fraction of sp³-hybridized carbons (Fsp3) is 0.0714. The summed E-state index contributed by atoms with van der Waals surface area (Å²) >= 11 is 2.96. The first-order valence-corrected chi connectivity index (χ1v) is 6.67. The molecule has 0 aromatic heterocycles. The molecule has 8 heteroatoms. The highest BCUT2D eigenvalue weighted by molar-refractivity contribution is 9.10. The number of amides is 1. The average molecular weight is 378 g/mol. The zero-order valence-electron chi connectivity index (χ0n) is 10.7. The minimum atomic E-state index is -4.79. The number of hydrogen-bond donors (Lipinski definition) is 1. The van der Waals surface area contributed by atoms with Crippen molar-refractivity contribution in [2.75, 3.05) is 5.32 Å². The Morgan fingerprint density at radius 3 is 2.32 bits per heavy atom. The molecule has 1 amide bonds. The molecule has 22 heavy (non-hydrogen) atoms. The van der Waals surface area contributed by atoms with Crippen LogP contribution in [0.3, 0.4) is 0 Å². The number of carbonyl (C=O) groups is 1. The van der Waals surface area contributed by atoms with Gasteiger partial charge in [-0.1, -0.05) is 6.07 Å². The van der Waals surface area contributed by atoms with Crippen molar-refractivity contribution in [3.8, 4) is 5.75 Å². The van der Waals surface area contributed by atoms with Crippen LogP contribution in [0.1, 0.15) is 10.4 Å². The SMILES string of the molecule is O=C(Nc1ccc(OC(F)(F)F)cc1)c1cccc(Br)c1F. The van der Waals surface area contributed by atoms with E-state index in [-0.39, 0.29) is 15.7 Å². The molecular formula is C14H8BrF4NO2. The molecule has 3 nitrogen and oxygen atoms in total. The van der Waals surface area contributed by atoms with Gasteiger partial charge in [-0.3, -0.25) is 4.79 Å². The molecule has 0 atom stereocenters. The first-order valence-electron chi connectivity index (χ1n) is 5.87. The van der Waals surface area contributed by atoms with Crippen molar-refractivity contribution in [2.24, 2.45) is 0 Å². The van der Waals surface area contributed by atoms with Crippen molar-refractivity contribution in [3.05, 3.63) is 58.3 Å². The molecule has 1 N–H and O–H groups in total. The van der Waals surface area contributed by atoms with Gasteiger partial charge in [0.05, 0.1) is 10.0 Å². The molecule has 116 valence electrons. The Balaban J connectivity index is 2.11. The van der Waals surface area contributed by atoms with E-state index in [0.29, 0.717) is 0 Å². The van der Waals surface area contributed by atoms with Crippen molar-refractivity contribution in [1.82, 2.24) is 0 Å². The number of anilines is 1. The van der Waals surface area contributed by atoms with Crippen LogP contribution < -0.4 is 10.1 Å². The van der Waals surface area contributed by atoms with E-state index in [0.717, 1.165) is 12.1 Å². The molecule has 0 saturated heterocycles. The lowest BCUT2D eigenvalue weighted by atomic mass is 10.2. The topological polar surface area (TPSA) is 38.3 Å². The molecule has 0 heterocycles. The number of hydrogen-bond acceptors (Lipinski definition) is 2. The van der Waals surface area contributed by atoms with Gasteiger partial charge in [-0.25, -0.2) is 4.39 Å². The molecule has 0 radical (unpaired) electrons. The van der Waals surface area contributed by atoms with E-state index in [1.807, 2.05) is 0 Å². The number of nitrogens with one attached hydrogen (secondary N) is 1. The van der Waals surface area contributed by atoms with Crippen LogP contribution in [0.15, 0.2) is 46.9 Å². The van der Waals surface area contributed by atoms with Crippen molar-refractivity contribution < 1.29 is 27.1 Å². The second kappa shape index (κ2) is 6.35. The highest BCUT2D eigenvalue weighted by atomic mass is 79.9. The zero-order valence-corrected chi connectivity index (χ0v) is 12.3. The van der Waals surface area contributed by atoms with Gasteiger partial charge in [0.1, 0.15) is 11.6 Å². The smallest absolute Gasteiger partial charge is 0.406 e. The van der Waals surface area contributed by atoms with Gasteiger partial charge in [0.15, 0.2) is 0 Å². The summed E-state index contributed by atoms with van der Waals surface area (Å²) < 4.78 is 53.6. The number of ether oxygens (including phenoxy) is 1. The number of carbonyl (C=O) groups excluding carboxylic acids is 1. The lowest BCUT2D eigenvalue weighted by molar-refractivity contribution is -0.274. The van der Waals surface area contributed by atoms with E-state index < -0.39 is 23.8 Å². The minimum Gasteiger partial charge on any atom is -0.406 e. The zero-order chi connectivity index (χ0) is 16.3. The molecule has 0 unspecified atom stereocenters. The summed E-state index contributed by atoms with van der Waals surface area (Å²) in [6, 6.07) is 8.73. The van der Waals surface area contributed by atoms with Crippen molar-refractivity contribution in [2.45, 2.75) is 6.36 Å². The van der Waals surface area contributed by atoms with Gasteiger partial charge >= 0.3 is 6.36 Å². The summed E-state index contributed by atoms with van der Waals surface area (Å²) in [6.07, 6.45) is -4.79. The standard InChI is InChI=1S/C14H8BrF4NO2/c15-11-3-1-2-10(12(11)16)13(21)20-8-4-6-9(7-5-8)22-14(17,18)19/h1-7H,(H,20,21). The van der Waals surface area contributed by atoms with Gasteiger partial charge in [0, 0.05) is 5.69 Å². The Morgan fingerprint density at radius 1 is 1.09 bits per heavy atom. The summed E-state index contributed by atoms with van der Waals surface area (Å²) in [6.45, 7) is 0. The fourth-order valence-corrected chi connectivity index (χ4v) is 1.98. The Morgan fingerprint density at radius 2 is 1.73 bits per heavy atom. The maximum Gasteiger partial charge on any atom is 0.573 e. The third kappa shape index (κ3) is 4.20. The second-order valence-electron chi connectivity index (χ2n) is 4.13. The molecule has 2 aromatic carbocycles. The summed E-state index contributed by atoms with van der Waals surface area (Å²) in [5.41, 5.74) is 0.0175. The van der Waals surface area contributed by atoms with E-state index in [2.05, 4.69) is 26.0 Å². The quantitative estimate of drug-likeness (QED) is 0.784. The van der Waals surface area contributed by atoms with Gasteiger partial charge in [0.25, 0.3) is 5.91 Å². The molecule has 0 fully saturated rings. The summed E-state index contributed by atoms with van der Waals surface area (Å²) in [5.74, 6) is -1.86. The van der Waals surface area contributed by atoms with E-state index in [1.165, 1.54) is 30.3 Å². The summed E-state index contributed by atoms with van der Waals surface area (Å²) in [7, 11) is 0. The van der Waals surface area contributed by atoms with Crippen LogP contribution in [0.25, 0.3) is 0 Å². The van der Waals surface area contributed by atoms with Crippen LogP contribution in [-0.4, -0.2) is 12.3 Å². The van der Waals surface area contributed by atoms with E-state index in [4.69, 9.17) is 0 Å². The van der Waals surface area contributed by atoms with Gasteiger partial charge in [0.2, 0.25) is 0 Å². The van der Waals surface area contributed by atoms with E-state index >= 15 is 0 Å². The van der Waals surface area contributed by atoms with Gasteiger partial charge in [-0.15, -0.1) is 13.2 Å². The summed E-state index contributed by atoms with van der Waals surface area (Å²) in [4.78, 5) is 11.9. The lowest BCUT2D eigenvalue weighted by Gasteiger charge is -2.10. The predicted molar refractivity (Wildman–Crippen MR) is 75.2 cm³/mol. The second-order valence-corrected chi connectivity index (χ2v) is 4.98. The Kier molecular flexibility index (Phi) is 4.70. The Bertz CT molecular complexity index is 686. The molecule has 2 rings (SSSR count). The molecule has 0 aliphatic heterocycles. The predicted octanol–water partition coefficient (Wildman–Crippen LogP) is 4.74. The average Bonchev–Trinajstić information content (AvgIpc) is 2.42. The maximum absolute atomic E-state index is 13.8. The fourth-order valence-electron chi connectivity index (χ4n) is 1.62. The van der Waals surface area contributed by atoms with Crippen molar-refractivity contribution in [1.29, 1.82) is 0 Å². The van der Waals surface area contributed by atoms with Crippen LogP contribution in [-0.2, 0) is 0 Å². The molecule has 2 aromatic rings. The first-order chi connectivity index (χ1) is 10.3. The highest BCUT2D eigenvalue weighted by Crippen LogP contribution is 2.24. The number of rotatable bonds is 3. The van der Waals surface area contributed by atoms with E-state index in [9.17, 15) is 22.4 Å². The largest absolute Gasteiger partial charge is 0.573 e. The first kappa shape index (κ1) is 16.3. The highest BCUT2D eigenvalue weighted by Gasteiger charge is 2.30. The third-order valence-corrected chi connectivity index (χ3v) is 3.15. The third-order valence-electron chi connectivity index (χ3n) is 2.54. The van der Waals surface area contributed by atoms with Crippen molar-refractivity contribution in [3.63, 3.8) is 0 Å². The molecule has 0 aliphatic carbocycles. The van der Waals surface area contributed by atoms with Crippen molar-refractivity contribution >= 4 is 27.5 Å². The lowest BCUT2D eigenvalue weighted by Crippen LogP contribution is -2.17.